The highest BCUT2D eigenvalue weighted by Gasteiger charge is 2.56. The molecule has 1 aromatic carbocycles. The number of carbonyl (C=O) groups excluding carboxylic acids is 2. The number of hydrogen-bond donors (Lipinski definition) is 1. The van der Waals surface area contributed by atoms with Gasteiger partial charge in [0.15, 0.2) is 0 Å². The van der Waals surface area contributed by atoms with Crippen molar-refractivity contribution in [3.05, 3.63) is 29.3 Å². The molecule has 2 aliphatic rings. The number of hydrogen-bond acceptors (Lipinski definition) is 3. The quantitative estimate of drug-likeness (QED) is 0.738. The van der Waals surface area contributed by atoms with Gasteiger partial charge in [-0.1, -0.05) is 33.3 Å². The van der Waals surface area contributed by atoms with E-state index in [-0.39, 0.29) is 28.3 Å². The minimum Gasteiger partial charge on any atom is -0.508 e. The van der Waals surface area contributed by atoms with Gasteiger partial charge in [0.2, 0.25) is 11.6 Å². The Hall–Kier alpha value is -1.64. The Bertz CT molecular complexity index is 615. The fraction of sp³-hybridized carbons (Fsp3) is 0.529. The lowest BCUT2D eigenvalue weighted by atomic mass is 9.50. The van der Waals surface area contributed by atoms with Crippen molar-refractivity contribution in [2.24, 2.45) is 11.3 Å². The molecule has 0 radical (unpaired) electrons. The number of phenolic OH excluding ortho intramolecular Hbond substituents is 1. The van der Waals surface area contributed by atoms with Crippen LogP contribution in [0.15, 0.2) is 18.2 Å². The van der Waals surface area contributed by atoms with E-state index in [9.17, 15) is 14.7 Å². The monoisotopic (exact) mass is 272 g/mol. The van der Waals surface area contributed by atoms with E-state index in [1.807, 2.05) is 6.07 Å². The van der Waals surface area contributed by atoms with Crippen LogP contribution >= 0.6 is 0 Å². The summed E-state index contributed by atoms with van der Waals surface area (Å²) >= 11 is 0. The molecule has 0 aromatic heterocycles. The summed E-state index contributed by atoms with van der Waals surface area (Å²) in [6, 6.07) is 4.88. The molecule has 2 atom stereocenters. The summed E-state index contributed by atoms with van der Waals surface area (Å²) in [6.45, 7) is 6.27. The number of ketones is 2. The highest BCUT2D eigenvalue weighted by molar-refractivity contribution is 6.46. The van der Waals surface area contributed by atoms with E-state index in [4.69, 9.17) is 0 Å². The standard InChI is InChI=1S/C17H20O3/c1-16(2)7-4-8-17(3)12-6-5-10(18)9-11(12)13(19)14(20)15(16)17/h5-6,9,15,18H,4,7-8H2,1-3H3/t15?,17-/m1/s1. The lowest BCUT2D eigenvalue weighted by Gasteiger charge is -2.52. The Balaban J connectivity index is 2.27. The van der Waals surface area contributed by atoms with Gasteiger partial charge in [-0.15, -0.1) is 0 Å². The van der Waals surface area contributed by atoms with Crippen molar-refractivity contribution in [1.29, 1.82) is 0 Å². The molecule has 2 aliphatic carbocycles. The SMILES string of the molecule is CC1(C)CCC[C@]2(C)c3ccc(O)cc3C(=O)C(=O)C12. The minimum atomic E-state index is -0.437. The van der Waals surface area contributed by atoms with E-state index in [2.05, 4.69) is 20.8 Å². The lowest BCUT2D eigenvalue weighted by Crippen LogP contribution is -2.54. The van der Waals surface area contributed by atoms with Gasteiger partial charge in [-0.05, 0) is 36.0 Å². The molecule has 1 aromatic rings. The van der Waals surface area contributed by atoms with Gasteiger partial charge in [-0.3, -0.25) is 9.59 Å². The zero-order chi connectivity index (χ0) is 14.7. The van der Waals surface area contributed by atoms with Gasteiger partial charge in [0.05, 0.1) is 0 Å². The number of aromatic hydroxyl groups is 1. The molecule has 0 saturated heterocycles. The molecule has 1 fully saturated rings. The van der Waals surface area contributed by atoms with Crippen LogP contribution in [-0.4, -0.2) is 16.7 Å². The molecule has 3 heteroatoms. The lowest BCUT2D eigenvalue weighted by molar-refractivity contribution is -0.128. The molecular formula is C17H20O3. The van der Waals surface area contributed by atoms with Crippen LogP contribution in [0.1, 0.15) is 56.0 Å². The topological polar surface area (TPSA) is 54.4 Å². The average Bonchev–Trinajstić information content (AvgIpc) is 2.34. The van der Waals surface area contributed by atoms with Crippen LogP contribution in [0, 0.1) is 11.3 Å². The molecule has 0 bridgehead atoms. The van der Waals surface area contributed by atoms with Crippen LogP contribution in [0.3, 0.4) is 0 Å². The molecule has 0 heterocycles. The molecule has 0 spiro atoms. The summed E-state index contributed by atoms with van der Waals surface area (Å²) < 4.78 is 0. The fourth-order valence-corrected chi connectivity index (χ4v) is 4.48. The second-order valence-corrected chi connectivity index (χ2v) is 7.12. The zero-order valence-electron chi connectivity index (χ0n) is 12.2. The molecule has 0 aliphatic heterocycles. The van der Waals surface area contributed by atoms with Gasteiger partial charge in [-0.25, -0.2) is 0 Å². The third kappa shape index (κ3) is 1.58. The van der Waals surface area contributed by atoms with Crippen LogP contribution in [0.5, 0.6) is 5.75 Å². The van der Waals surface area contributed by atoms with Crippen molar-refractivity contribution < 1.29 is 14.7 Å². The first-order valence-corrected chi connectivity index (χ1v) is 7.19. The maximum Gasteiger partial charge on any atom is 0.229 e. The summed E-state index contributed by atoms with van der Waals surface area (Å²) in [7, 11) is 0. The van der Waals surface area contributed by atoms with Crippen molar-refractivity contribution in [3.63, 3.8) is 0 Å². The summed E-state index contributed by atoms with van der Waals surface area (Å²) in [5, 5.41) is 9.61. The third-order valence-electron chi connectivity index (χ3n) is 5.28. The van der Waals surface area contributed by atoms with Crippen LogP contribution in [0.4, 0.5) is 0 Å². The summed E-state index contributed by atoms with van der Waals surface area (Å²) in [5.41, 5.74) is 0.870. The zero-order valence-corrected chi connectivity index (χ0v) is 12.2. The number of fused-ring (bicyclic) bond motifs is 3. The van der Waals surface area contributed by atoms with E-state index in [1.165, 1.54) is 6.07 Å². The number of carbonyl (C=O) groups is 2. The van der Waals surface area contributed by atoms with Crippen molar-refractivity contribution in [2.75, 3.05) is 0 Å². The van der Waals surface area contributed by atoms with Gasteiger partial charge in [0, 0.05) is 16.9 Å². The Morgan fingerprint density at radius 2 is 1.85 bits per heavy atom. The van der Waals surface area contributed by atoms with Gasteiger partial charge in [-0.2, -0.15) is 0 Å². The first-order valence-electron chi connectivity index (χ1n) is 7.19. The van der Waals surface area contributed by atoms with Gasteiger partial charge >= 0.3 is 0 Å². The van der Waals surface area contributed by atoms with E-state index < -0.39 is 5.78 Å². The van der Waals surface area contributed by atoms with Gasteiger partial charge in [0.25, 0.3) is 0 Å². The Morgan fingerprint density at radius 3 is 2.55 bits per heavy atom. The van der Waals surface area contributed by atoms with Crippen molar-refractivity contribution in [2.45, 2.75) is 45.4 Å². The van der Waals surface area contributed by atoms with Crippen LogP contribution in [0.25, 0.3) is 0 Å². The van der Waals surface area contributed by atoms with Crippen molar-refractivity contribution in [3.8, 4) is 5.75 Å². The van der Waals surface area contributed by atoms with E-state index >= 15 is 0 Å². The Morgan fingerprint density at radius 1 is 1.15 bits per heavy atom. The van der Waals surface area contributed by atoms with Crippen LogP contribution in [-0.2, 0) is 10.2 Å². The van der Waals surface area contributed by atoms with Crippen LogP contribution < -0.4 is 0 Å². The fourth-order valence-electron chi connectivity index (χ4n) is 4.48. The molecule has 3 rings (SSSR count). The van der Waals surface area contributed by atoms with E-state index in [0.29, 0.717) is 5.56 Å². The van der Waals surface area contributed by atoms with Crippen molar-refractivity contribution >= 4 is 11.6 Å². The normalized spacial score (nSPS) is 31.6. The summed E-state index contributed by atoms with van der Waals surface area (Å²) in [5.74, 6) is -0.932. The van der Waals surface area contributed by atoms with E-state index in [0.717, 1.165) is 24.8 Å². The van der Waals surface area contributed by atoms with Crippen molar-refractivity contribution in [1.82, 2.24) is 0 Å². The third-order valence-corrected chi connectivity index (χ3v) is 5.28. The molecule has 1 saturated carbocycles. The average molecular weight is 272 g/mol. The van der Waals surface area contributed by atoms with Gasteiger partial charge in [0.1, 0.15) is 5.75 Å². The maximum absolute atomic E-state index is 12.6. The minimum absolute atomic E-state index is 0.0435. The maximum atomic E-state index is 12.6. The predicted octanol–water partition coefficient (Wildman–Crippen LogP) is 3.24. The summed E-state index contributed by atoms with van der Waals surface area (Å²) in [4.78, 5) is 25.0. The molecule has 20 heavy (non-hydrogen) atoms. The first-order chi connectivity index (χ1) is 9.27. The molecule has 1 unspecified atom stereocenters. The first kappa shape index (κ1) is 13.3. The largest absolute Gasteiger partial charge is 0.508 e. The second-order valence-electron chi connectivity index (χ2n) is 7.12. The Labute approximate surface area is 119 Å². The highest BCUT2D eigenvalue weighted by atomic mass is 16.3. The molecular weight excluding hydrogens is 252 g/mol. The molecule has 1 N–H and O–H groups in total. The van der Waals surface area contributed by atoms with Gasteiger partial charge < -0.3 is 5.11 Å². The number of Topliss-reactive ketones (excluding diaryl/α,β-unsaturated/α-hetero) is 2. The highest BCUT2D eigenvalue weighted by Crippen LogP contribution is 2.55. The summed E-state index contributed by atoms with van der Waals surface area (Å²) in [6.07, 6.45) is 2.94. The van der Waals surface area contributed by atoms with E-state index in [1.54, 1.807) is 6.07 Å². The molecule has 106 valence electrons. The number of benzene rings is 1. The number of phenols is 1. The second kappa shape index (κ2) is 3.94. The van der Waals surface area contributed by atoms with Crippen LogP contribution in [0.2, 0.25) is 0 Å². The Kier molecular flexibility index (Phi) is 2.63. The number of rotatable bonds is 0. The molecule has 0 amide bonds. The molecule has 3 nitrogen and oxygen atoms in total. The predicted molar refractivity (Wildman–Crippen MR) is 75.9 cm³/mol. The smallest absolute Gasteiger partial charge is 0.229 e.